The van der Waals surface area contributed by atoms with Crippen molar-refractivity contribution < 1.29 is 28.3 Å². The lowest BCUT2D eigenvalue weighted by molar-refractivity contribution is -0.159. The molecule has 1 fully saturated rings. The van der Waals surface area contributed by atoms with E-state index in [9.17, 15) is 14.4 Å². The highest BCUT2D eigenvalue weighted by Crippen LogP contribution is 2.35. The first kappa shape index (κ1) is 22.6. The van der Waals surface area contributed by atoms with Gasteiger partial charge in [-0.15, -0.1) is 0 Å². The second-order valence-corrected chi connectivity index (χ2v) is 8.41. The van der Waals surface area contributed by atoms with Gasteiger partial charge in [0.2, 0.25) is 0 Å². The highest BCUT2D eigenvalue weighted by Gasteiger charge is 2.33. The van der Waals surface area contributed by atoms with Crippen LogP contribution in [0.1, 0.15) is 60.9 Å². The van der Waals surface area contributed by atoms with Crippen LogP contribution in [0.15, 0.2) is 47.1 Å². The van der Waals surface area contributed by atoms with Crippen molar-refractivity contribution in [1.82, 2.24) is 0 Å². The SMILES string of the molecule is CC1CCC(C(C)C)C(OC(=O)COC(=O)c2ccccc2NC(=O)c2ccco2)C1. The molecule has 1 amide bonds. The van der Waals surface area contributed by atoms with Crippen molar-refractivity contribution in [3.63, 3.8) is 0 Å². The molecule has 31 heavy (non-hydrogen) atoms. The molecule has 1 heterocycles. The summed E-state index contributed by atoms with van der Waals surface area (Å²) in [5.74, 6) is -0.421. The topological polar surface area (TPSA) is 94.8 Å². The lowest BCUT2D eigenvalue weighted by Gasteiger charge is -2.36. The molecule has 7 nitrogen and oxygen atoms in total. The summed E-state index contributed by atoms with van der Waals surface area (Å²) in [6.45, 7) is 5.95. The second kappa shape index (κ2) is 10.3. The molecule has 1 saturated carbocycles. The van der Waals surface area contributed by atoms with Crippen LogP contribution in [0.4, 0.5) is 5.69 Å². The zero-order valence-corrected chi connectivity index (χ0v) is 18.1. The van der Waals surface area contributed by atoms with Crippen LogP contribution in [0.25, 0.3) is 0 Å². The molecule has 166 valence electrons. The van der Waals surface area contributed by atoms with Crippen molar-refractivity contribution in [3.8, 4) is 0 Å². The Morgan fingerprint density at radius 1 is 1.13 bits per heavy atom. The number of carbonyl (C=O) groups is 3. The quantitative estimate of drug-likeness (QED) is 0.644. The molecule has 3 unspecified atom stereocenters. The Labute approximate surface area is 182 Å². The molecule has 3 atom stereocenters. The van der Waals surface area contributed by atoms with Crippen LogP contribution in [-0.2, 0) is 14.3 Å². The second-order valence-electron chi connectivity index (χ2n) is 8.41. The van der Waals surface area contributed by atoms with Gasteiger partial charge in [0.05, 0.1) is 17.5 Å². The molecule has 0 spiro atoms. The normalized spacial score (nSPS) is 20.8. The van der Waals surface area contributed by atoms with Crippen molar-refractivity contribution in [2.45, 2.75) is 46.1 Å². The number of benzene rings is 1. The number of hydrogen-bond acceptors (Lipinski definition) is 6. The van der Waals surface area contributed by atoms with Gasteiger partial charge >= 0.3 is 11.9 Å². The lowest BCUT2D eigenvalue weighted by atomic mass is 9.75. The Morgan fingerprint density at radius 3 is 2.61 bits per heavy atom. The molecule has 0 aliphatic heterocycles. The molecular formula is C24H29NO6. The summed E-state index contributed by atoms with van der Waals surface area (Å²) in [7, 11) is 0. The molecule has 1 aromatic heterocycles. The molecule has 2 aromatic rings. The molecule has 1 N–H and O–H groups in total. The first-order chi connectivity index (χ1) is 14.8. The van der Waals surface area contributed by atoms with E-state index in [1.165, 1.54) is 18.4 Å². The minimum atomic E-state index is -0.718. The fourth-order valence-electron chi connectivity index (χ4n) is 4.02. The van der Waals surface area contributed by atoms with E-state index in [4.69, 9.17) is 13.9 Å². The monoisotopic (exact) mass is 427 g/mol. The Balaban J connectivity index is 1.58. The zero-order valence-electron chi connectivity index (χ0n) is 18.1. The number of amides is 1. The van der Waals surface area contributed by atoms with Gasteiger partial charge in [-0.25, -0.2) is 9.59 Å². The Hall–Kier alpha value is -3.09. The summed E-state index contributed by atoms with van der Waals surface area (Å²) < 4.78 is 15.9. The minimum absolute atomic E-state index is 0.119. The smallest absolute Gasteiger partial charge is 0.344 e. The highest BCUT2D eigenvalue weighted by molar-refractivity contribution is 6.06. The summed E-state index contributed by atoms with van der Waals surface area (Å²) in [6.07, 6.45) is 4.21. The fourth-order valence-corrected chi connectivity index (χ4v) is 4.02. The molecule has 3 rings (SSSR count). The number of anilines is 1. The maximum Gasteiger partial charge on any atom is 0.344 e. The van der Waals surface area contributed by atoms with E-state index in [-0.39, 0.29) is 23.1 Å². The number of para-hydroxylation sites is 1. The molecule has 1 aliphatic carbocycles. The molecular weight excluding hydrogens is 398 g/mol. The van der Waals surface area contributed by atoms with Gasteiger partial charge in [0.15, 0.2) is 12.4 Å². The molecule has 7 heteroatoms. The van der Waals surface area contributed by atoms with Crippen LogP contribution >= 0.6 is 0 Å². The number of esters is 2. The number of carbonyl (C=O) groups excluding carboxylic acids is 3. The largest absolute Gasteiger partial charge is 0.460 e. The molecule has 0 bridgehead atoms. The van der Waals surface area contributed by atoms with E-state index in [1.807, 2.05) is 0 Å². The number of nitrogens with one attached hydrogen (secondary N) is 1. The number of furan rings is 1. The average Bonchev–Trinajstić information content (AvgIpc) is 3.27. The van der Waals surface area contributed by atoms with Gasteiger partial charge in [0.1, 0.15) is 6.10 Å². The van der Waals surface area contributed by atoms with Crippen molar-refractivity contribution in [2.24, 2.45) is 17.8 Å². The Kier molecular flexibility index (Phi) is 7.50. The number of ether oxygens (including phenoxy) is 2. The van der Waals surface area contributed by atoms with E-state index in [0.717, 1.165) is 19.3 Å². The third-order valence-corrected chi connectivity index (χ3v) is 5.71. The molecule has 1 aliphatic rings. The first-order valence-corrected chi connectivity index (χ1v) is 10.7. The summed E-state index contributed by atoms with van der Waals surface area (Å²) >= 11 is 0. The van der Waals surface area contributed by atoms with E-state index >= 15 is 0 Å². The predicted octanol–water partition coefficient (Wildman–Crippen LogP) is 4.69. The van der Waals surface area contributed by atoms with Crippen molar-refractivity contribution >= 4 is 23.5 Å². The average molecular weight is 427 g/mol. The summed E-state index contributed by atoms with van der Waals surface area (Å²) in [5.41, 5.74) is 0.407. The van der Waals surface area contributed by atoms with Gasteiger partial charge in [-0.05, 0) is 54.9 Å². The van der Waals surface area contributed by atoms with E-state index in [1.54, 1.807) is 24.3 Å². The van der Waals surface area contributed by atoms with E-state index in [0.29, 0.717) is 17.8 Å². The van der Waals surface area contributed by atoms with Crippen LogP contribution in [0.3, 0.4) is 0 Å². The predicted molar refractivity (Wildman–Crippen MR) is 115 cm³/mol. The summed E-state index contributed by atoms with van der Waals surface area (Å²) in [5, 5.41) is 2.62. The van der Waals surface area contributed by atoms with Gasteiger partial charge in [0.25, 0.3) is 5.91 Å². The summed E-state index contributed by atoms with van der Waals surface area (Å²) in [6, 6.07) is 9.53. The van der Waals surface area contributed by atoms with Crippen molar-refractivity contribution in [3.05, 3.63) is 54.0 Å². The standard InChI is InChI=1S/C24H29NO6/c1-15(2)17-11-10-16(3)13-21(17)31-22(26)14-30-24(28)18-7-4-5-8-19(18)25-23(27)20-9-6-12-29-20/h4-9,12,15-17,21H,10-11,13-14H2,1-3H3,(H,25,27). The van der Waals surface area contributed by atoms with Crippen molar-refractivity contribution in [2.75, 3.05) is 11.9 Å². The first-order valence-electron chi connectivity index (χ1n) is 10.7. The maximum atomic E-state index is 12.6. The van der Waals surface area contributed by atoms with Gasteiger partial charge in [0, 0.05) is 0 Å². The van der Waals surface area contributed by atoms with Crippen LogP contribution < -0.4 is 5.32 Å². The van der Waals surface area contributed by atoms with Gasteiger partial charge in [-0.3, -0.25) is 4.79 Å². The number of rotatable bonds is 7. The molecule has 0 saturated heterocycles. The van der Waals surface area contributed by atoms with Gasteiger partial charge in [-0.2, -0.15) is 0 Å². The molecule has 0 radical (unpaired) electrons. The van der Waals surface area contributed by atoms with Crippen molar-refractivity contribution in [1.29, 1.82) is 0 Å². The minimum Gasteiger partial charge on any atom is -0.460 e. The maximum absolute atomic E-state index is 12.6. The molecule has 1 aromatic carbocycles. The third kappa shape index (κ3) is 5.96. The van der Waals surface area contributed by atoms with E-state index in [2.05, 4.69) is 26.1 Å². The summed E-state index contributed by atoms with van der Waals surface area (Å²) in [4.78, 5) is 37.1. The Bertz CT molecular complexity index is 905. The third-order valence-electron chi connectivity index (χ3n) is 5.71. The lowest BCUT2D eigenvalue weighted by Crippen LogP contribution is -2.36. The highest BCUT2D eigenvalue weighted by atomic mass is 16.6. The van der Waals surface area contributed by atoms with Crippen LogP contribution in [0, 0.1) is 17.8 Å². The van der Waals surface area contributed by atoms with Crippen LogP contribution in [0.5, 0.6) is 0 Å². The van der Waals surface area contributed by atoms with Gasteiger partial charge < -0.3 is 19.2 Å². The Morgan fingerprint density at radius 2 is 1.90 bits per heavy atom. The number of hydrogen-bond donors (Lipinski definition) is 1. The van der Waals surface area contributed by atoms with Gasteiger partial charge in [-0.1, -0.05) is 39.3 Å². The van der Waals surface area contributed by atoms with Crippen LogP contribution in [0.2, 0.25) is 0 Å². The van der Waals surface area contributed by atoms with Crippen LogP contribution in [-0.4, -0.2) is 30.6 Å². The fraction of sp³-hybridized carbons (Fsp3) is 0.458. The van der Waals surface area contributed by atoms with E-state index < -0.39 is 24.5 Å². The zero-order chi connectivity index (χ0) is 22.4.